The van der Waals surface area contributed by atoms with Gasteiger partial charge in [0.15, 0.2) is 0 Å². The summed E-state index contributed by atoms with van der Waals surface area (Å²) in [5, 5.41) is 0.956. The number of hydrogen-bond acceptors (Lipinski definition) is 1. The van der Waals surface area contributed by atoms with Crippen LogP contribution in [-0.2, 0) is 4.74 Å². The molecule has 1 aliphatic heterocycles. The van der Waals surface area contributed by atoms with Crippen molar-refractivity contribution in [1.29, 1.82) is 0 Å². The molecule has 1 heterocycles. The molecule has 1 aliphatic rings. The number of rotatable bonds is 2. The highest BCUT2D eigenvalue weighted by atomic mass is 79.9. The topological polar surface area (TPSA) is 9.23 Å². The molecule has 0 radical (unpaired) electrons. The van der Waals surface area contributed by atoms with Crippen LogP contribution < -0.4 is 0 Å². The van der Waals surface area contributed by atoms with Gasteiger partial charge in [-0.3, -0.25) is 0 Å². The van der Waals surface area contributed by atoms with Crippen LogP contribution >= 0.6 is 15.9 Å². The van der Waals surface area contributed by atoms with Crippen molar-refractivity contribution in [2.75, 3.05) is 5.33 Å². The molecule has 0 bridgehead atoms. The molecule has 0 aliphatic carbocycles. The van der Waals surface area contributed by atoms with Crippen molar-refractivity contribution < 1.29 is 4.74 Å². The van der Waals surface area contributed by atoms with Crippen LogP contribution in [0.2, 0.25) is 0 Å². The second-order valence-electron chi connectivity index (χ2n) is 2.62. The van der Waals surface area contributed by atoms with Crippen LogP contribution in [0.3, 0.4) is 0 Å². The van der Waals surface area contributed by atoms with E-state index in [1.165, 1.54) is 12.8 Å². The van der Waals surface area contributed by atoms with Gasteiger partial charge >= 0.3 is 0 Å². The smallest absolute Gasteiger partial charge is 0.0757 e. The summed E-state index contributed by atoms with van der Waals surface area (Å²) in [6.45, 7) is 3.71. The third kappa shape index (κ3) is 2.10. The average Bonchev–Trinajstić information content (AvgIpc) is 2.05. The standard InChI is InChI=1S/C8H13BrO/c1-2-7-4-3-5-8(6-9)10-7/h2,7-8H,1,3-6H2/t7-,8-/m1/s1. The Morgan fingerprint density at radius 3 is 3.00 bits per heavy atom. The van der Waals surface area contributed by atoms with E-state index in [9.17, 15) is 0 Å². The molecule has 0 amide bonds. The Labute approximate surface area is 70.6 Å². The monoisotopic (exact) mass is 204 g/mol. The molecule has 2 atom stereocenters. The van der Waals surface area contributed by atoms with Gasteiger partial charge in [0, 0.05) is 5.33 Å². The van der Waals surface area contributed by atoms with E-state index in [-0.39, 0.29) is 0 Å². The first-order valence-corrected chi connectivity index (χ1v) is 4.83. The Kier molecular flexibility index (Phi) is 3.43. The van der Waals surface area contributed by atoms with Crippen LogP contribution in [0.5, 0.6) is 0 Å². The second-order valence-corrected chi connectivity index (χ2v) is 3.26. The van der Waals surface area contributed by atoms with Crippen LogP contribution in [0.1, 0.15) is 19.3 Å². The lowest BCUT2D eigenvalue weighted by Crippen LogP contribution is -2.26. The van der Waals surface area contributed by atoms with Crippen molar-refractivity contribution in [2.45, 2.75) is 31.5 Å². The highest BCUT2D eigenvalue weighted by molar-refractivity contribution is 9.09. The molecule has 0 aromatic rings. The molecule has 0 unspecified atom stereocenters. The summed E-state index contributed by atoms with van der Waals surface area (Å²) in [7, 11) is 0. The Hall–Kier alpha value is 0.180. The predicted octanol–water partition coefficient (Wildman–Crippen LogP) is 2.51. The van der Waals surface area contributed by atoms with Crippen LogP contribution in [0.15, 0.2) is 12.7 Å². The van der Waals surface area contributed by atoms with Gasteiger partial charge in [0.1, 0.15) is 0 Å². The SMILES string of the molecule is C=C[C@@H]1CCC[C@H](CBr)O1. The van der Waals surface area contributed by atoms with Crippen molar-refractivity contribution in [3.8, 4) is 0 Å². The summed E-state index contributed by atoms with van der Waals surface area (Å²) in [5.41, 5.74) is 0. The number of alkyl halides is 1. The highest BCUT2D eigenvalue weighted by Gasteiger charge is 2.18. The van der Waals surface area contributed by atoms with Crippen LogP contribution in [0.4, 0.5) is 0 Å². The van der Waals surface area contributed by atoms with Crippen LogP contribution in [-0.4, -0.2) is 17.5 Å². The van der Waals surface area contributed by atoms with Gasteiger partial charge < -0.3 is 4.74 Å². The van der Waals surface area contributed by atoms with Crippen LogP contribution in [0.25, 0.3) is 0 Å². The Morgan fingerprint density at radius 2 is 2.40 bits per heavy atom. The van der Waals surface area contributed by atoms with Crippen molar-refractivity contribution in [1.82, 2.24) is 0 Å². The minimum atomic E-state index is 0.302. The van der Waals surface area contributed by atoms with Gasteiger partial charge in [-0.2, -0.15) is 0 Å². The van der Waals surface area contributed by atoms with E-state index in [0.29, 0.717) is 12.2 Å². The lowest BCUT2D eigenvalue weighted by molar-refractivity contribution is -0.0105. The maximum Gasteiger partial charge on any atom is 0.0757 e. The normalized spacial score (nSPS) is 33.7. The zero-order valence-corrected chi connectivity index (χ0v) is 7.64. The van der Waals surface area contributed by atoms with Gasteiger partial charge in [-0.1, -0.05) is 22.0 Å². The van der Waals surface area contributed by atoms with Gasteiger partial charge in [-0.05, 0) is 19.3 Å². The lowest BCUT2D eigenvalue weighted by Gasteiger charge is -2.26. The summed E-state index contributed by atoms with van der Waals surface area (Å²) >= 11 is 3.41. The first-order valence-electron chi connectivity index (χ1n) is 3.70. The third-order valence-electron chi connectivity index (χ3n) is 1.82. The highest BCUT2D eigenvalue weighted by Crippen LogP contribution is 2.20. The Morgan fingerprint density at radius 1 is 1.60 bits per heavy atom. The molecule has 1 saturated heterocycles. The molecule has 0 aromatic carbocycles. The van der Waals surface area contributed by atoms with E-state index in [2.05, 4.69) is 22.5 Å². The molecule has 1 fully saturated rings. The molecule has 0 N–H and O–H groups in total. The Balaban J connectivity index is 2.31. The van der Waals surface area contributed by atoms with E-state index in [4.69, 9.17) is 4.74 Å². The fraction of sp³-hybridized carbons (Fsp3) is 0.750. The first kappa shape index (κ1) is 8.28. The van der Waals surface area contributed by atoms with Crippen molar-refractivity contribution in [2.24, 2.45) is 0 Å². The van der Waals surface area contributed by atoms with Crippen molar-refractivity contribution >= 4 is 15.9 Å². The average molecular weight is 205 g/mol. The summed E-state index contributed by atoms with van der Waals surface area (Å²) in [5.74, 6) is 0. The predicted molar refractivity (Wildman–Crippen MR) is 46.5 cm³/mol. The summed E-state index contributed by atoms with van der Waals surface area (Å²) in [6.07, 6.45) is 6.22. The lowest BCUT2D eigenvalue weighted by atomic mass is 10.1. The zero-order valence-electron chi connectivity index (χ0n) is 6.05. The number of ether oxygens (including phenoxy) is 1. The van der Waals surface area contributed by atoms with E-state index in [0.717, 1.165) is 11.8 Å². The third-order valence-corrected chi connectivity index (χ3v) is 2.54. The molecule has 10 heavy (non-hydrogen) atoms. The summed E-state index contributed by atoms with van der Waals surface area (Å²) < 4.78 is 5.62. The van der Waals surface area contributed by atoms with E-state index in [1.54, 1.807) is 0 Å². The molecular weight excluding hydrogens is 192 g/mol. The van der Waals surface area contributed by atoms with Gasteiger partial charge in [0.25, 0.3) is 0 Å². The number of halogens is 1. The molecule has 2 heteroatoms. The minimum Gasteiger partial charge on any atom is -0.370 e. The maximum absolute atomic E-state index is 5.62. The van der Waals surface area contributed by atoms with Crippen LogP contribution in [0, 0.1) is 0 Å². The second kappa shape index (κ2) is 4.14. The van der Waals surface area contributed by atoms with E-state index in [1.807, 2.05) is 6.08 Å². The quantitative estimate of drug-likeness (QED) is 0.497. The largest absolute Gasteiger partial charge is 0.370 e. The zero-order chi connectivity index (χ0) is 7.40. The molecule has 0 saturated carbocycles. The fourth-order valence-corrected chi connectivity index (χ4v) is 1.69. The van der Waals surface area contributed by atoms with E-state index < -0.39 is 0 Å². The van der Waals surface area contributed by atoms with Crippen molar-refractivity contribution in [3.05, 3.63) is 12.7 Å². The molecule has 0 spiro atoms. The molecule has 0 aromatic heterocycles. The molecule has 1 rings (SSSR count). The van der Waals surface area contributed by atoms with Gasteiger partial charge in [-0.15, -0.1) is 6.58 Å². The Bertz CT molecular complexity index is 114. The molecule has 58 valence electrons. The molecule has 1 nitrogen and oxygen atoms in total. The fourth-order valence-electron chi connectivity index (χ4n) is 1.22. The summed E-state index contributed by atoms with van der Waals surface area (Å²) in [4.78, 5) is 0. The van der Waals surface area contributed by atoms with Gasteiger partial charge in [-0.25, -0.2) is 0 Å². The van der Waals surface area contributed by atoms with Crippen molar-refractivity contribution in [3.63, 3.8) is 0 Å². The maximum atomic E-state index is 5.62. The van der Waals surface area contributed by atoms with Gasteiger partial charge in [0.2, 0.25) is 0 Å². The number of hydrogen-bond donors (Lipinski definition) is 0. The minimum absolute atomic E-state index is 0.302. The van der Waals surface area contributed by atoms with Gasteiger partial charge in [0.05, 0.1) is 12.2 Å². The first-order chi connectivity index (χ1) is 4.86. The summed E-state index contributed by atoms with van der Waals surface area (Å²) in [6, 6.07) is 0. The molecular formula is C8H13BrO. The van der Waals surface area contributed by atoms with E-state index >= 15 is 0 Å².